The van der Waals surface area contributed by atoms with E-state index < -0.39 is 0 Å². The van der Waals surface area contributed by atoms with Gasteiger partial charge in [0.15, 0.2) is 0 Å². The topological polar surface area (TPSA) is 46.4 Å². The lowest BCUT2D eigenvalue weighted by Gasteiger charge is -2.52. The SMILES string of the molecule is CC1(C)C[C@@](C)(c2ccccc2)c2ccccc2N1Cc1ccc([N+](=O)[O-])cc1. The first-order chi connectivity index (χ1) is 13.8. The fraction of sp³-hybridized carbons (Fsp3) is 0.280. The average Bonchev–Trinajstić information content (AvgIpc) is 2.72. The maximum atomic E-state index is 11.0. The fourth-order valence-electron chi connectivity index (χ4n) is 4.83. The van der Waals surface area contributed by atoms with Crippen molar-refractivity contribution < 1.29 is 4.92 Å². The molecule has 0 unspecified atom stereocenters. The molecule has 29 heavy (non-hydrogen) atoms. The van der Waals surface area contributed by atoms with Crippen LogP contribution in [0.25, 0.3) is 0 Å². The Hall–Kier alpha value is -3.14. The number of para-hydroxylation sites is 1. The Kier molecular flexibility index (Phi) is 4.65. The lowest BCUT2D eigenvalue weighted by Crippen LogP contribution is -2.53. The summed E-state index contributed by atoms with van der Waals surface area (Å²) in [6.07, 6.45) is 0.980. The average molecular weight is 386 g/mol. The number of nitro groups is 1. The van der Waals surface area contributed by atoms with Crippen molar-refractivity contribution in [2.24, 2.45) is 0 Å². The molecule has 3 aromatic rings. The summed E-state index contributed by atoms with van der Waals surface area (Å²) in [7, 11) is 0. The minimum atomic E-state index is -0.352. The van der Waals surface area contributed by atoms with Crippen LogP contribution in [0.4, 0.5) is 11.4 Å². The van der Waals surface area contributed by atoms with Crippen LogP contribution in [0.5, 0.6) is 0 Å². The van der Waals surface area contributed by atoms with Crippen LogP contribution < -0.4 is 4.90 Å². The van der Waals surface area contributed by atoms with Crippen LogP contribution in [0.3, 0.4) is 0 Å². The van der Waals surface area contributed by atoms with E-state index in [-0.39, 0.29) is 21.6 Å². The lowest BCUT2D eigenvalue weighted by molar-refractivity contribution is -0.384. The number of non-ortho nitro benzene ring substituents is 1. The second-order valence-corrected chi connectivity index (χ2v) is 8.71. The van der Waals surface area contributed by atoms with E-state index in [9.17, 15) is 10.1 Å². The van der Waals surface area contributed by atoms with Crippen molar-refractivity contribution >= 4 is 11.4 Å². The van der Waals surface area contributed by atoms with Crippen LogP contribution in [0.1, 0.15) is 43.9 Å². The van der Waals surface area contributed by atoms with Crippen molar-refractivity contribution in [3.63, 3.8) is 0 Å². The molecule has 0 aliphatic carbocycles. The summed E-state index contributed by atoms with van der Waals surface area (Å²) in [6.45, 7) is 7.63. The molecule has 0 saturated heterocycles. The summed E-state index contributed by atoms with van der Waals surface area (Å²) in [5, 5.41) is 11.0. The molecule has 3 aromatic carbocycles. The molecule has 4 nitrogen and oxygen atoms in total. The molecule has 1 aliphatic heterocycles. The monoisotopic (exact) mass is 386 g/mol. The van der Waals surface area contributed by atoms with Gasteiger partial charge in [0.2, 0.25) is 0 Å². The van der Waals surface area contributed by atoms with Crippen LogP contribution in [0.15, 0.2) is 78.9 Å². The van der Waals surface area contributed by atoms with Gasteiger partial charge >= 0.3 is 0 Å². The van der Waals surface area contributed by atoms with Gasteiger partial charge in [0.05, 0.1) is 4.92 Å². The number of nitrogens with zero attached hydrogens (tertiary/aromatic N) is 2. The van der Waals surface area contributed by atoms with Gasteiger partial charge < -0.3 is 4.90 Å². The molecule has 4 rings (SSSR count). The predicted octanol–water partition coefficient (Wildman–Crippen LogP) is 6.09. The molecule has 1 atom stereocenters. The number of anilines is 1. The first-order valence-corrected chi connectivity index (χ1v) is 9.97. The Morgan fingerprint density at radius 2 is 1.52 bits per heavy atom. The van der Waals surface area contributed by atoms with Crippen molar-refractivity contribution in [3.8, 4) is 0 Å². The third kappa shape index (κ3) is 3.39. The van der Waals surface area contributed by atoms with E-state index in [1.807, 2.05) is 12.1 Å². The van der Waals surface area contributed by atoms with Crippen LogP contribution in [-0.2, 0) is 12.0 Å². The summed E-state index contributed by atoms with van der Waals surface area (Å²) in [5.74, 6) is 0. The van der Waals surface area contributed by atoms with Crippen molar-refractivity contribution in [3.05, 3.63) is 106 Å². The van der Waals surface area contributed by atoms with Crippen molar-refractivity contribution in [2.75, 3.05) is 4.90 Å². The fourth-order valence-corrected chi connectivity index (χ4v) is 4.83. The summed E-state index contributed by atoms with van der Waals surface area (Å²) in [5.41, 5.74) is 4.93. The van der Waals surface area contributed by atoms with E-state index in [2.05, 4.69) is 80.3 Å². The molecule has 0 aromatic heterocycles. The van der Waals surface area contributed by atoms with Crippen LogP contribution in [0.2, 0.25) is 0 Å². The van der Waals surface area contributed by atoms with Crippen LogP contribution in [-0.4, -0.2) is 10.5 Å². The van der Waals surface area contributed by atoms with Gasteiger partial charge in [-0.15, -0.1) is 0 Å². The predicted molar refractivity (Wildman–Crippen MR) is 117 cm³/mol. The highest BCUT2D eigenvalue weighted by atomic mass is 16.6. The molecule has 4 heteroatoms. The van der Waals surface area contributed by atoms with Gasteiger partial charge in [-0.05, 0) is 43.0 Å². The molecule has 1 heterocycles. The molecule has 0 N–H and O–H groups in total. The number of benzene rings is 3. The van der Waals surface area contributed by atoms with E-state index >= 15 is 0 Å². The van der Waals surface area contributed by atoms with E-state index in [1.165, 1.54) is 16.8 Å². The standard InChI is InChI=1S/C25H26N2O2/c1-24(2)18-25(3,20-9-5-4-6-10-20)22-11-7-8-12-23(22)26(24)17-19-13-15-21(16-14-19)27(28)29/h4-16H,17-18H2,1-3H3/t25-/m0/s1. The summed E-state index contributed by atoms with van der Waals surface area (Å²) in [6, 6.07) is 26.3. The number of hydrogen-bond acceptors (Lipinski definition) is 3. The summed E-state index contributed by atoms with van der Waals surface area (Å²) >= 11 is 0. The Morgan fingerprint density at radius 3 is 2.17 bits per heavy atom. The Bertz CT molecular complexity index is 1030. The summed E-state index contributed by atoms with van der Waals surface area (Å²) < 4.78 is 0. The van der Waals surface area contributed by atoms with Crippen molar-refractivity contribution in [1.29, 1.82) is 0 Å². The first kappa shape index (κ1) is 19.2. The van der Waals surface area contributed by atoms with Gasteiger partial charge in [-0.2, -0.15) is 0 Å². The van der Waals surface area contributed by atoms with E-state index in [0.717, 1.165) is 12.0 Å². The highest BCUT2D eigenvalue weighted by molar-refractivity contribution is 5.64. The smallest absolute Gasteiger partial charge is 0.269 e. The van der Waals surface area contributed by atoms with Gasteiger partial charge in [0.25, 0.3) is 5.69 Å². The second-order valence-electron chi connectivity index (χ2n) is 8.71. The minimum Gasteiger partial charge on any atom is -0.362 e. The molecule has 148 valence electrons. The maximum absolute atomic E-state index is 11.0. The molecule has 0 amide bonds. The van der Waals surface area contributed by atoms with Crippen molar-refractivity contribution in [1.82, 2.24) is 0 Å². The first-order valence-electron chi connectivity index (χ1n) is 9.97. The Morgan fingerprint density at radius 1 is 0.897 bits per heavy atom. The van der Waals surface area contributed by atoms with Gasteiger partial charge in [-0.25, -0.2) is 0 Å². The zero-order valence-electron chi connectivity index (χ0n) is 17.1. The lowest BCUT2D eigenvalue weighted by atomic mass is 9.65. The Labute approximate surface area is 172 Å². The minimum absolute atomic E-state index is 0.0761. The van der Waals surface area contributed by atoms with Crippen LogP contribution in [0, 0.1) is 10.1 Å². The molecular weight excluding hydrogens is 360 g/mol. The number of hydrogen-bond donors (Lipinski definition) is 0. The quantitative estimate of drug-likeness (QED) is 0.403. The van der Waals surface area contributed by atoms with Crippen LogP contribution >= 0.6 is 0 Å². The number of nitro benzene ring substituents is 1. The maximum Gasteiger partial charge on any atom is 0.269 e. The zero-order valence-corrected chi connectivity index (χ0v) is 17.1. The normalized spacial score (nSPS) is 20.2. The third-order valence-corrected chi connectivity index (χ3v) is 6.20. The van der Waals surface area contributed by atoms with E-state index in [4.69, 9.17) is 0 Å². The molecule has 0 bridgehead atoms. The molecule has 0 radical (unpaired) electrons. The van der Waals surface area contributed by atoms with E-state index in [0.29, 0.717) is 6.54 Å². The van der Waals surface area contributed by atoms with Gasteiger partial charge in [0, 0.05) is 35.3 Å². The molecule has 1 aliphatic rings. The van der Waals surface area contributed by atoms with Crippen molar-refractivity contribution in [2.45, 2.75) is 44.7 Å². The molecule has 0 saturated carbocycles. The zero-order chi connectivity index (χ0) is 20.6. The second kappa shape index (κ2) is 7.03. The largest absolute Gasteiger partial charge is 0.362 e. The molecular formula is C25H26N2O2. The summed E-state index contributed by atoms with van der Waals surface area (Å²) in [4.78, 5) is 13.1. The van der Waals surface area contributed by atoms with Gasteiger partial charge in [0.1, 0.15) is 0 Å². The number of fused-ring (bicyclic) bond motifs is 1. The van der Waals surface area contributed by atoms with Gasteiger partial charge in [-0.1, -0.05) is 67.6 Å². The molecule has 0 fully saturated rings. The Balaban J connectivity index is 1.77. The molecule has 0 spiro atoms. The van der Waals surface area contributed by atoms with E-state index in [1.54, 1.807) is 12.1 Å². The van der Waals surface area contributed by atoms with Gasteiger partial charge in [-0.3, -0.25) is 10.1 Å². The highest BCUT2D eigenvalue weighted by Gasteiger charge is 2.45. The number of rotatable bonds is 4. The highest BCUT2D eigenvalue weighted by Crippen LogP contribution is 2.50. The third-order valence-electron chi connectivity index (χ3n) is 6.20.